The summed E-state index contributed by atoms with van der Waals surface area (Å²) in [7, 11) is -2.53. The van der Waals surface area contributed by atoms with Crippen molar-refractivity contribution in [3.8, 4) is 5.75 Å². The molecule has 1 amide bonds. The molecule has 0 saturated carbocycles. The number of ketones is 1. The van der Waals surface area contributed by atoms with Gasteiger partial charge in [-0.05, 0) is 56.2 Å². The summed E-state index contributed by atoms with van der Waals surface area (Å²) in [6, 6.07) is 9.98. The van der Waals surface area contributed by atoms with Crippen molar-refractivity contribution < 1.29 is 28.2 Å². The van der Waals surface area contributed by atoms with Crippen molar-refractivity contribution in [2.24, 2.45) is 0 Å². The quantitative estimate of drug-likeness (QED) is 0.142. The van der Waals surface area contributed by atoms with Crippen LogP contribution in [-0.4, -0.2) is 64.8 Å². The normalized spacial score (nSPS) is 16.3. The van der Waals surface area contributed by atoms with E-state index in [0.717, 1.165) is 0 Å². The Morgan fingerprint density at radius 2 is 1.74 bits per heavy atom. The summed E-state index contributed by atoms with van der Waals surface area (Å²) in [6.45, 7) is 2.11. The molecule has 0 radical (unpaired) electrons. The third kappa shape index (κ3) is 7.72. The zero-order valence-electron chi connectivity index (χ0n) is 22.7. The lowest BCUT2D eigenvalue weighted by Crippen LogP contribution is -2.47. The van der Waals surface area contributed by atoms with Crippen LogP contribution in [0.1, 0.15) is 46.2 Å². The lowest BCUT2D eigenvalue weighted by molar-refractivity contribution is -0.142. The minimum absolute atomic E-state index is 0.129. The molecule has 0 aliphatic carbocycles. The van der Waals surface area contributed by atoms with Gasteiger partial charge < -0.3 is 14.6 Å². The Kier molecular flexibility index (Phi) is 10.7. The fourth-order valence-electron chi connectivity index (χ4n) is 4.48. The Hall–Kier alpha value is -2.92. The van der Waals surface area contributed by atoms with Crippen LogP contribution in [-0.2, 0) is 20.5 Å². The number of benzene rings is 2. The van der Waals surface area contributed by atoms with E-state index in [-0.39, 0.29) is 52.6 Å². The number of hydrogen-bond acceptors (Lipinski definition) is 7. The van der Waals surface area contributed by atoms with Gasteiger partial charge in [0.1, 0.15) is 17.5 Å². The van der Waals surface area contributed by atoms with Gasteiger partial charge in [0, 0.05) is 36.1 Å². The van der Waals surface area contributed by atoms with E-state index in [4.69, 9.17) is 44.1 Å². The predicted octanol–water partition coefficient (Wildman–Crippen LogP) is 5.33. The van der Waals surface area contributed by atoms with Crippen molar-refractivity contribution in [1.29, 1.82) is 0 Å². The van der Waals surface area contributed by atoms with Gasteiger partial charge >= 0.3 is 13.6 Å². The average molecular weight is 657 g/mol. The summed E-state index contributed by atoms with van der Waals surface area (Å²) in [5.74, 6) is -1.07. The highest BCUT2D eigenvalue weighted by atomic mass is 35.5. The first-order valence-corrected chi connectivity index (χ1v) is 15.7. The maximum absolute atomic E-state index is 14.1. The summed E-state index contributed by atoms with van der Waals surface area (Å²) in [5, 5.41) is 13.3. The van der Waals surface area contributed by atoms with Crippen molar-refractivity contribution in [2.45, 2.75) is 38.3 Å². The first-order valence-electron chi connectivity index (χ1n) is 13.0. The highest BCUT2D eigenvalue weighted by molar-refractivity contribution is 7.54. The van der Waals surface area contributed by atoms with Crippen LogP contribution in [0.2, 0.25) is 15.1 Å². The third-order valence-corrected chi connectivity index (χ3v) is 9.87. The van der Waals surface area contributed by atoms with Gasteiger partial charge in [-0.3, -0.25) is 19.5 Å². The SMILES string of the molecule is COC(=O)[C@H](C)NP(=O)(Oc1ccc(Cl)cc1)N1CCC(NC(=O)c2[nH]ncc2CC(=O)c2c(Cl)cccc2Cl)CC1. The third-order valence-electron chi connectivity index (χ3n) is 6.67. The van der Waals surface area contributed by atoms with E-state index in [1.807, 2.05) is 0 Å². The highest BCUT2D eigenvalue weighted by Gasteiger charge is 2.39. The van der Waals surface area contributed by atoms with Crippen molar-refractivity contribution >= 4 is 60.1 Å². The largest absolute Gasteiger partial charge is 0.468 e. The molecule has 1 saturated heterocycles. The highest BCUT2D eigenvalue weighted by Crippen LogP contribution is 2.49. The van der Waals surface area contributed by atoms with Crippen LogP contribution >= 0.6 is 42.5 Å². The summed E-state index contributed by atoms with van der Waals surface area (Å²) >= 11 is 18.3. The number of carbonyl (C=O) groups is 3. The summed E-state index contributed by atoms with van der Waals surface area (Å²) in [4.78, 5) is 38.1. The molecule has 1 aromatic heterocycles. The van der Waals surface area contributed by atoms with Gasteiger partial charge in [0.2, 0.25) is 0 Å². The van der Waals surface area contributed by atoms with E-state index >= 15 is 0 Å². The molecule has 2 atom stereocenters. The summed E-state index contributed by atoms with van der Waals surface area (Å²) in [6.07, 6.45) is 2.16. The fraction of sp³-hybridized carbons (Fsp3) is 0.333. The molecule has 3 N–H and O–H groups in total. The Bertz CT molecular complexity index is 1470. The molecule has 3 aromatic rings. The van der Waals surface area contributed by atoms with Gasteiger partial charge in [-0.1, -0.05) is 40.9 Å². The number of piperidine rings is 1. The van der Waals surface area contributed by atoms with Crippen LogP contribution in [0, 0.1) is 0 Å². The molecule has 42 heavy (non-hydrogen) atoms. The second-order valence-corrected chi connectivity index (χ2v) is 12.9. The number of carbonyl (C=O) groups excluding carboxylic acids is 3. The number of nitrogens with zero attached hydrogens (tertiary/aromatic N) is 2. The number of rotatable bonds is 11. The van der Waals surface area contributed by atoms with Crippen molar-refractivity contribution in [2.75, 3.05) is 20.2 Å². The number of esters is 1. The summed E-state index contributed by atoms with van der Waals surface area (Å²) < 4.78 is 26.4. The Balaban J connectivity index is 1.41. The van der Waals surface area contributed by atoms with E-state index in [0.29, 0.717) is 29.2 Å². The molecule has 15 heteroatoms. The molecule has 2 aromatic carbocycles. The van der Waals surface area contributed by atoms with Crippen molar-refractivity contribution in [1.82, 2.24) is 25.3 Å². The van der Waals surface area contributed by atoms with Crippen molar-refractivity contribution in [3.63, 3.8) is 0 Å². The number of nitrogens with one attached hydrogen (secondary N) is 3. The number of H-pyrrole nitrogens is 1. The number of aromatic amines is 1. The molecule has 1 aliphatic rings. The number of methoxy groups -OCH3 is 1. The second-order valence-electron chi connectivity index (χ2n) is 9.61. The Morgan fingerprint density at radius 1 is 1.10 bits per heavy atom. The molecule has 4 rings (SSSR count). The van der Waals surface area contributed by atoms with E-state index in [2.05, 4.69) is 20.6 Å². The number of halogens is 3. The number of aromatic nitrogens is 2. The molecule has 1 fully saturated rings. The van der Waals surface area contributed by atoms with Gasteiger partial charge in [-0.2, -0.15) is 5.10 Å². The van der Waals surface area contributed by atoms with E-state index in [9.17, 15) is 18.9 Å². The van der Waals surface area contributed by atoms with Gasteiger partial charge in [0.15, 0.2) is 5.78 Å². The maximum Gasteiger partial charge on any atom is 0.393 e. The van der Waals surface area contributed by atoms with Crippen LogP contribution in [0.15, 0.2) is 48.7 Å². The minimum Gasteiger partial charge on any atom is -0.468 e. The smallest absolute Gasteiger partial charge is 0.393 e. The molecule has 224 valence electrons. The fourth-order valence-corrected chi connectivity index (χ4v) is 7.30. The van der Waals surface area contributed by atoms with E-state index < -0.39 is 25.6 Å². The molecule has 1 aliphatic heterocycles. The standard InChI is InChI=1S/C27H29Cl3N5O6P/c1-16(27(38)40-2)34-42(39,41-20-8-6-18(28)7-9-20)35-12-10-19(11-13-35)32-26(37)25-17(15-31-33-25)14-23(36)24-21(29)4-3-5-22(24)30/h3-9,15-16,19H,10-14H2,1-2H3,(H,31,33)(H,32,37)(H,34,39)/t16-,42?/m0/s1. The Morgan fingerprint density at radius 3 is 2.36 bits per heavy atom. The molecule has 11 nitrogen and oxygen atoms in total. The van der Waals surface area contributed by atoms with Gasteiger partial charge in [-0.15, -0.1) is 0 Å². The predicted molar refractivity (Wildman–Crippen MR) is 159 cm³/mol. The maximum atomic E-state index is 14.1. The van der Waals surface area contributed by atoms with Gasteiger partial charge in [0.05, 0.1) is 28.9 Å². The van der Waals surface area contributed by atoms with Gasteiger partial charge in [-0.25, -0.2) is 14.3 Å². The van der Waals surface area contributed by atoms with Gasteiger partial charge in [0.25, 0.3) is 5.91 Å². The van der Waals surface area contributed by atoms with Crippen LogP contribution < -0.4 is 14.9 Å². The summed E-state index contributed by atoms with van der Waals surface area (Å²) in [5.41, 5.74) is 0.730. The zero-order chi connectivity index (χ0) is 30.4. The lowest BCUT2D eigenvalue weighted by Gasteiger charge is -2.37. The van der Waals surface area contributed by atoms with Crippen LogP contribution in [0.5, 0.6) is 5.75 Å². The first kappa shape index (κ1) is 32.0. The molecule has 0 bridgehead atoms. The topological polar surface area (TPSA) is 143 Å². The minimum atomic E-state index is -3.77. The van der Waals surface area contributed by atoms with Crippen molar-refractivity contribution in [3.05, 3.63) is 80.6 Å². The molecule has 2 heterocycles. The number of ether oxygens (including phenoxy) is 1. The zero-order valence-corrected chi connectivity index (χ0v) is 25.9. The number of Topliss-reactive ketones (excluding diaryl/α,β-unsaturated/α-hetero) is 1. The van der Waals surface area contributed by atoms with E-state index in [1.54, 1.807) is 47.1 Å². The number of hydrogen-bond donors (Lipinski definition) is 3. The first-order chi connectivity index (χ1) is 20.0. The lowest BCUT2D eigenvalue weighted by atomic mass is 10.0. The molecular formula is C27H29Cl3N5O6P. The average Bonchev–Trinajstić information content (AvgIpc) is 3.42. The molecule has 1 unspecified atom stereocenters. The molecular weight excluding hydrogens is 628 g/mol. The molecule has 0 spiro atoms. The second kappa shape index (κ2) is 14.0. The number of amides is 1. The van der Waals surface area contributed by atoms with Crippen LogP contribution in [0.25, 0.3) is 0 Å². The van der Waals surface area contributed by atoms with Crippen LogP contribution in [0.4, 0.5) is 0 Å². The van der Waals surface area contributed by atoms with E-state index in [1.165, 1.54) is 20.2 Å². The Labute approximate surface area is 257 Å². The van der Waals surface area contributed by atoms with Crippen LogP contribution in [0.3, 0.4) is 0 Å². The monoisotopic (exact) mass is 655 g/mol.